The SMILES string of the molecule is O=C(OCc1c(F)cccc1Cl)c1ccc(N2CCOCC2)nc1. The molecule has 0 atom stereocenters. The van der Waals surface area contributed by atoms with E-state index in [1.54, 1.807) is 18.2 Å². The van der Waals surface area contributed by atoms with Gasteiger partial charge >= 0.3 is 5.97 Å². The van der Waals surface area contributed by atoms with E-state index in [0.717, 1.165) is 18.9 Å². The summed E-state index contributed by atoms with van der Waals surface area (Å²) < 4.78 is 24.1. The lowest BCUT2D eigenvalue weighted by molar-refractivity contribution is 0.0468. The van der Waals surface area contributed by atoms with Gasteiger partial charge in [-0.15, -0.1) is 0 Å². The van der Waals surface area contributed by atoms with Gasteiger partial charge in [-0.25, -0.2) is 14.2 Å². The molecule has 0 spiro atoms. The standard InChI is InChI=1S/C17H16ClFN2O3/c18-14-2-1-3-15(19)13(14)11-24-17(22)12-4-5-16(20-10-12)21-6-8-23-9-7-21/h1-5,10H,6-9,11H2. The molecular weight excluding hydrogens is 335 g/mol. The number of ether oxygens (including phenoxy) is 2. The summed E-state index contributed by atoms with van der Waals surface area (Å²) in [5.74, 6) is -0.293. The first-order valence-corrected chi connectivity index (χ1v) is 7.91. The van der Waals surface area contributed by atoms with Crippen molar-refractivity contribution in [3.8, 4) is 0 Å². The van der Waals surface area contributed by atoms with Gasteiger partial charge in [0, 0.05) is 24.8 Å². The van der Waals surface area contributed by atoms with Crippen molar-refractivity contribution in [2.45, 2.75) is 6.61 Å². The molecule has 0 bridgehead atoms. The maximum atomic E-state index is 13.7. The van der Waals surface area contributed by atoms with Gasteiger partial charge in [0.05, 0.1) is 23.8 Å². The van der Waals surface area contributed by atoms with Gasteiger partial charge in [0.25, 0.3) is 0 Å². The molecule has 1 aliphatic rings. The zero-order valence-corrected chi connectivity index (χ0v) is 13.6. The van der Waals surface area contributed by atoms with Crippen LogP contribution in [0.1, 0.15) is 15.9 Å². The Hall–Kier alpha value is -2.18. The lowest BCUT2D eigenvalue weighted by Gasteiger charge is -2.27. The maximum absolute atomic E-state index is 13.7. The van der Waals surface area contributed by atoms with Crippen LogP contribution >= 0.6 is 11.6 Å². The molecule has 2 aromatic rings. The topological polar surface area (TPSA) is 51.7 Å². The van der Waals surface area contributed by atoms with Crippen molar-refractivity contribution in [3.63, 3.8) is 0 Å². The van der Waals surface area contributed by atoms with Crippen LogP contribution in [-0.4, -0.2) is 37.3 Å². The highest BCUT2D eigenvalue weighted by Gasteiger charge is 2.15. The first-order valence-electron chi connectivity index (χ1n) is 7.54. The largest absolute Gasteiger partial charge is 0.457 e. The molecule has 7 heteroatoms. The summed E-state index contributed by atoms with van der Waals surface area (Å²) in [6, 6.07) is 7.72. The monoisotopic (exact) mass is 350 g/mol. The van der Waals surface area contributed by atoms with Crippen LogP contribution in [0.3, 0.4) is 0 Å². The zero-order valence-electron chi connectivity index (χ0n) is 12.9. The van der Waals surface area contributed by atoms with E-state index < -0.39 is 11.8 Å². The second-order valence-corrected chi connectivity index (χ2v) is 5.69. The van der Waals surface area contributed by atoms with Gasteiger partial charge in [-0.05, 0) is 24.3 Å². The Morgan fingerprint density at radius 2 is 2.08 bits per heavy atom. The molecule has 126 valence electrons. The summed E-state index contributed by atoms with van der Waals surface area (Å²) in [6.45, 7) is 2.63. The smallest absolute Gasteiger partial charge is 0.340 e. The van der Waals surface area contributed by atoms with Crippen molar-refractivity contribution in [2.75, 3.05) is 31.2 Å². The number of nitrogens with zero attached hydrogens (tertiary/aromatic N) is 2. The van der Waals surface area contributed by atoms with E-state index in [-0.39, 0.29) is 17.2 Å². The number of esters is 1. The number of hydrogen-bond acceptors (Lipinski definition) is 5. The van der Waals surface area contributed by atoms with Crippen molar-refractivity contribution >= 4 is 23.4 Å². The van der Waals surface area contributed by atoms with E-state index in [2.05, 4.69) is 9.88 Å². The fourth-order valence-electron chi connectivity index (χ4n) is 2.38. The molecule has 1 aromatic heterocycles. The second-order valence-electron chi connectivity index (χ2n) is 5.28. The number of rotatable bonds is 4. The molecule has 5 nitrogen and oxygen atoms in total. The molecule has 3 rings (SSSR count). The maximum Gasteiger partial charge on any atom is 0.340 e. The molecule has 0 radical (unpaired) electrons. The summed E-state index contributed by atoms with van der Waals surface area (Å²) >= 11 is 5.91. The molecule has 0 aliphatic carbocycles. The highest BCUT2D eigenvalue weighted by atomic mass is 35.5. The molecule has 2 heterocycles. The second kappa shape index (κ2) is 7.59. The van der Waals surface area contributed by atoms with E-state index in [1.807, 2.05) is 0 Å². The number of morpholine rings is 1. The molecule has 1 saturated heterocycles. The highest BCUT2D eigenvalue weighted by Crippen LogP contribution is 2.20. The number of hydrogen-bond donors (Lipinski definition) is 0. The van der Waals surface area contributed by atoms with Crippen molar-refractivity contribution in [1.82, 2.24) is 4.98 Å². The Morgan fingerprint density at radius 1 is 1.29 bits per heavy atom. The van der Waals surface area contributed by atoms with E-state index in [9.17, 15) is 9.18 Å². The number of carbonyl (C=O) groups is 1. The summed E-state index contributed by atoms with van der Waals surface area (Å²) in [5.41, 5.74) is 0.463. The molecule has 0 amide bonds. The Labute approximate surface area is 144 Å². The molecule has 0 N–H and O–H groups in total. The fourth-order valence-corrected chi connectivity index (χ4v) is 2.60. The van der Waals surface area contributed by atoms with Gasteiger partial charge in [-0.1, -0.05) is 17.7 Å². The van der Waals surface area contributed by atoms with Crippen LogP contribution in [0.4, 0.5) is 10.2 Å². The van der Waals surface area contributed by atoms with Gasteiger partial charge in [0.2, 0.25) is 0 Å². The van der Waals surface area contributed by atoms with Gasteiger partial charge in [0.15, 0.2) is 0 Å². The number of benzene rings is 1. The predicted octanol–water partition coefficient (Wildman–Crippen LogP) is 3.07. The fraction of sp³-hybridized carbons (Fsp3) is 0.294. The Bertz CT molecular complexity index is 698. The lowest BCUT2D eigenvalue weighted by Crippen LogP contribution is -2.36. The van der Waals surface area contributed by atoms with Gasteiger partial charge in [0.1, 0.15) is 18.2 Å². The van der Waals surface area contributed by atoms with Crippen LogP contribution in [0, 0.1) is 5.82 Å². The molecular formula is C17H16ClFN2O3. The first kappa shape index (κ1) is 16.7. The number of anilines is 1. The van der Waals surface area contributed by atoms with Crippen molar-refractivity contribution in [2.24, 2.45) is 0 Å². The lowest BCUT2D eigenvalue weighted by atomic mass is 10.2. The van der Waals surface area contributed by atoms with Crippen molar-refractivity contribution in [1.29, 1.82) is 0 Å². The number of pyridine rings is 1. The zero-order chi connectivity index (χ0) is 16.9. The van der Waals surface area contributed by atoms with Gasteiger partial charge in [-0.2, -0.15) is 0 Å². The third-order valence-electron chi connectivity index (χ3n) is 3.73. The summed E-state index contributed by atoms with van der Waals surface area (Å²) in [6.07, 6.45) is 1.45. The first-order chi connectivity index (χ1) is 11.6. The Kier molecular flexibility index (Phi) is 5.27. The normalized spacial score (nSPS) is 14.5. The van der Waals surface area contributed by atoms with Crippen LogP contribution in [0.2, 0.25) is 5.02 Å². The molecule has 0 saturated carbocycles. The minimum atomic E-state index is -0.574. The quantitative estimate of drug-likeness (QED) is 0.793. The Morgan fingerprint density at radius 3 is 2.75 bits per heavy atom. The molecule has 24 heavy (non-hydrogen) atoms. The average Bonchev–Trinajstić information content (AvgIpc) is 2.62. The third-order valence-corrected chi connectivity index (χ3v) is 4.08. The third kappa shape index (κ3) is 3.83. The van der Waals surface area contributed by atoms with Crippen LogP contribution in [-0.2, 0) is 16.1 Å². The molecule has 1 aliphatic heterocycles. The van der Waals surface area contributed by atoms with Crippen molar-refractivity contribution in [3.05, 3.63) is 58.5 Å². The average molecular weight is 351 g/mol. The summed E-state index contributed by atoms with van der Waals surface area (Å²) in [4.78, 5) is 18.4. The summed E-state index contributed by atoms with van der Waals surface area (Å²) in [7, 11) is 0. The number of aromatic nitrogens is 1. The van der Waals surface area contributed by atoms with E-state index in [0.29, 0.717) is 18.8 Å². The summed E-state index contributed by atoms with van der Waals surface area (Å²) in [5, 5.41) is 0.226. The predicted molar refractivity (Wildman–Crippen MR) is 87.8 cm³/mol. The Balaban J connectivity index is 1.63. The van der Waals surface area contributed by atoms with E-state index in [1.165, 1.54) is 18.3 Å². The van der Waals surface area contributed by atoms with Crippen molar-refractivity contribution < 1.29 is 18.7 Å². The number of carbonyl (C=O) groups excluding carboxylic acids is 1. The molecule has 1 fully saturated rings. The van der Waals surface area contributed by atoms with Crippen LogP contribution in [0.15, 0.2) is 36.5 Å². The van der Waals surface area contributed by atoms with Crippen LogP contribution in [0.25, 0.3) is 0 Å². The van der Waals surface area contributed by atoms with E-state index >= 15 is 0 Å². The minimum absolute atomic E-state index is 0.158. The van der Waals surface area contributed by atoms with Gasteiger partial charge < -0.3 is 14.4 Å². The molecule has 0 unspecified atom stereocenters. The minimum Gasteiger partial charge on any atom is -0.457 e. The van der Waals surface area contributed by atoms with Crippen LogP contribution < -0.4 is 4.90 Å². The highest BCUT2D eigenvalue weighted by molar-refractivity contribution is 6.31. The number of halogens is 2. The molecule has 1 aromatic carbocycles. The van der Waals surface area contributed by atoms with E-state index in [4.69, 9.17) is 21.1 Å². The van der Waals surface area contributed by atoms with Crippen LogP contribution in [0.5, 0.6) is 0 Å². The van der Waals surface area contributed by atoms with Gasteiger partial charge in [-0.3, -0.25) is 0 Å².